The molecule has 0 saturated heterocycles. The first-order valence-corrected chi connectivity index (χ1v) is 8.94. The van der Waals surface area contributed by atoms with E-state index in [0.29, 0.717) is 12.5 Å². The van der Waals surface area contributed by atoms with Crippen LogP contribution in [0.15, 0.2) is 23.1 Å². The molecule has 118 valence electrons. The lowest BCUT2D eigenvalue weighted by Gasteiger charge is -2.18. The molecule has 1 aliphatic carbocycles. The lowest BCUT2D eigenvalue weighted by atomic mass is 10.1. The average molecular weight is 314 g/mol. The third-order valence-electron chi connectivity index (χ3n) is 4.03. The summed E-state index contributed by atoms with van der Waals surface area (Å²) < 4.78 is 41.4. The van der Waals surface area contributed by atoms with E-state index in [-0.39, 0.29) is 10.9 Å². The van der Waals surface area contributed by atoms with Gasteiger partial charge in [-0.3, -0.25) is 0 Å². The van der Waals surface area contributed by atoms with Crippen LogP contribution in [0.5, 0.6) is 0 Å². The smallest absolute Gasteiger partial charge is 0.243 e. The molecule has 1 saturated carbocycles. The van der Waals surface area contributed by atoms with E-state index in [9.17, 15) is 12.8 Å². The molecule has 4 nitrogen and oxygen atoms in total. The van der Waals surface area contributed by atoms with Crippen LogP contribution in [-0.4, -0.2) is 21.0 Å². The van der Waals surface area contributed by atoms with Gasteiger partial charge in [-0.2, -0.15) is 0 Å². The summed E-state index contributed by atoms with van der Waals surface area (Å²) in [5, 5.41) is 3.11. The van der Waals surface area contributed by atoms with Crippen molar-refractivity contribution in [2.24, 2.45) is 5.92 Å². The van der Waals surface area contributed by atoms with Gasteiger partial charge in [0.2, 0.25) is 10.0 Å². The number of rotatable bonds is 6. The fraction of sp³-hybridized carbons (Fsp3) is 0.600. The normalized spacial score (nSPS) is 22.6. The Kier molecular flexibility index (Phi) is 5.35. The molecule has 2 N–H and O–H groups in total. The van der Waals surface area contributed by atoms with Gasteiger partial charge in [-0.1, -0.05) is 26.3 Å². The molecule has 1 fully saturated rings. The summed E-state index contributed by atoms with van der Waals surface area (Å²) in [6.45, 7) is 5.29. The SMILES string of the molecule is CCNCc1ccc(F)c(S(=O)(=O)NC2CCCC2C)c1. The van der Waals surface area contributed by atoms with Crippen molar-refractivity contribution < 1.29 is 12.8 Å². The molecule has 0 aliphatic heterocycles. The predicted octanol–water partition coefficient (Wildman–Crippen LogP) is 2.40. The molecule has 2 atom stereocenters. The molecule has 2 rings (SSSR count). The monoisotopic (exact) mass is 314 g/mol. The van der Waals surface area contributed by atoms with Crippen LogP contribution in [0.1, 0.15) is 38.7 Å². The highest BCUT2D eigenvalue weighted by Crippen LogP contribution is 2.27. The van der Waals surface area contributed by atoms with Crippen molar-refractivity contribution in [1.82, 2.24) is 10.0 Å². The highest BCUT2D eigenvalue weighted by Gasteiger charge is 2.29. The quantitative estimate of drug-likeness (QED) is 0.848. The molecule has 0 radical (unpaired) electrons. The Labute approximate surface area is 126 Å². The largest absolute Gasteiger partial charge is 0.313 e. The Hall–Kier alpha value is -0.980. The van der Waals surface area contributed by atoms with Crippen molar-refractivity contribution in [3.8, 4) is 0 Å². The summed E-state index contributed by atoms with van der Waals surface area (Å²) in [7, 11) is -3.81. The number of halogens is 1. The highest BCUT2D eigenvalue weighted by atomic mass is 32.2. The third-order valence-corrected chi connectivity index (χ3v) is 5.54. The summed E-state index contributed by atoms with van der Waals surface area (Å²) in [6.07, 6.45) is 2.84. The Morgan fingerprint density at radius 3 is 2.71 bits per heavy atom. The number of nitrogens with one attached hydrogen (secondary N) is 2. The molecule has 0 bridgehead atoms. The molecular formula is C15H23FN2O2S. The van der Waals surface area contributed by atoms with Gasteiger partial charge >= 0.3 is 0 Å². The topological polar surface area (TPSA) is 58.2 Å². The number of hydrogen-bond donors (Lipinski definition) is 2. The molecule has 1 aromatic rings. The van der Waals surface area contributed by atoms with Crippen LogP contribution in [-0.2, 0) is 16.6 Å². The van der Waals surface area contributed by atoms with Gasteiger partial charge in [-0.25, -0.2) is 17.5 Å². The minimum atomic E-state index is -3.81. The predicted molar refractivity (Wildman–Crippen MR) is 80.9 cm³/mol. The molecule has 0 spiro atoms. The van der Waals surface area contributed by atoms with Gasteiger partial charge in [0.15, 0.2) is 0 Å². The summed E-state index contributed by atoms with van der Waals surface area (Å²) in [5.41, 5.74) is 0.762. The third kappa shape index (κ3) is 4.02. The van der Waals surface area contributed by atoms with Crippen LogP contribution in [0.25, 0.3) is 0 Å². The Bertz CT molecular complexity index is 589. The summed E-state index contributed by atoms with van der Waals surface area (Å²) in [5.74, 6) is -0.402. The van der Waals surface area contributed by atoms with Crippen molar-refractivity contribution in [3.05, 3.63) is 29.6 Å². The first kappa shape index (κ1) is 16.4. The van der Waals surface area contributed by atoms with E-state index < -0.39 is 15.8 Å². The zero-order chi connectivity index (χ0) is 15.5. The Balaban J connectivity index is 2.22. The molecule has 21 heavy (non-hydrogen) atoms. The fourth-order valence-corrected chi connectivity index (χ4v) is 4.22. The highest BCUT2D eigenvalue weighted by molar-refractivity contribution is 7.89. The van der Waals surface area contributed by atoms with Crippen LogP contribution in [0, 0.1) is 11.7 Å². The second-order valence-electron chi connectivity index (χ2n) is 5.68. The van der Waals surface area contributed by atoms with Crippen LogP contribution >= 0.6 is 0 Å². The molecular weight excluding hydrogens is 291 g/mol. The minimum Gasteiger partial charge on any atom is -0.313 e. The molecule has 0 aromatic heterocycles. The van der Waals surface area contributed by atoms with E-state index in [4.69, 9.17) is 0 Å². The van der Waals surface area contributed by atoms with Crippen molar-refractivity contribution in [2.75, 3.05) is 6.54 Å². The Morgan fingerprint density at radius 2 is 2.10 bits per heavy atom. The number of sulfonamides is 1. The number of hydrogen-bond acceptors (Lipinski definition) is 3. The van der Waals surface area contributed by atoms with Crippen molar-refractivity contribution in [1.29, 1.82) is 0 Å². The van der Waals surface area contributed by atoms with Gasteiger partial charge < -0.3 is 5.32 Å². The maximum absolute atomic E-state index is 13.9. The van der Waals surface area contributed by atoms with Crippen molar-refractivity contribution in [2.45, 2.75) is 50.6 Å². The van der Waals surface area contributed by atoms with Crippen LogP contribution in [0.4, 0.5) is 4.39 Å². The standard InChI is InChI=1S/C15H23FN2O2S/c1-3-17-10-12-7-8-13(16)15(9-12)21(19,20)18-14-6-4-5-11(14)2/h7-9,11,14,17-18H,3-6,10H2,1-2H3. The summed E-state index contributed by atoms with van der Waals surface area (Å²) in [6, 6.07) is 4.15. The molecule has 1 aromatic carbocycles. The molecule has 0 heterocycles. The van der Waals surface area contributed by atoms with Crippen LogP contribution in [0.2, 0.25) is 0 Å². The maximum atomic E-state index is 13.9. The van der Waals surface area contributed by atoms with E-state index in [2.05, 4.69) is 10.0 Å². The zero-order valence-corrected chi connectivity index (χ0v) is 13.3. The van der Waals surface area contributed by atoms with Gasteiger partial charge in [-0.15, -0.1) is 0 Å². The molecule has 1 aliphatic rings. The lowest BCUT2D eigenvalue weighted by Crippen LogP contribution is -2.36. The van der Waals surface area contributed by atoms with Gasteiger partial charge in [0, 0.05) is 12.6 Å². The van der Waals surface area contributed by atoms with Gasteiger partial charge in [-0.05, 0) is 43.0 Å². The summed E-state index contributed by atoms with van der Waals surface area (Å²) in [4.78, 5) is -0.253. The molecule has 6 heteroatoms. The Morgan fingerprint density at radius 1 is 1.33 bits per heavy atom. The first-order chi connectivity index (χ1) is 9.94. The van der Waals surface area contributed by atoms with E-state index >= 15 is 0 Å². The van der Waals surface area contributed by atoms with E-state index in [0.717, 1.165) is 31.4 Å². The average Bonchev–Trinajstić information content (AvgIpc) is 2.82. The fourth-order valence-electron chi connectivity index (χ4n) is 2.72. The van der Waals surface area contributed by atoms with Gasteiger partial charge in [0.1, 0.15) is 10.7 Å². The second-order valence-corrected chi connectivity index (χ2v) is 7.36. The molecule has 0 amide bonds. The van der Waals surface area contributed by atoms with Gasteiger partial charge in [0.25, 0.3) is 0 Å². The van der Waals surface area contributed by atoms with Gasteiger partial charge in [0.05, 0.1) is 0 Å². The number of benzene rings is 1. The molecule has 2 unspecified atom stereocenters. The van der Waals surface area contributed by atoms with E-state index in [1.165, 1.54) is 12.1 Å². The zero-order valence-electron chi connectivity index (χ0n) is 12.5. The van der Waals surface area contributed by atoms with Crippen molar-refractivity contribution in [3.63, 3.8) is 0 Å². The van der Waals surface area contributed by atoms with Crippen LogP contribution < -0.4 is 10.0 Å². The lowest BCUT2D eigenvalue weighted by molar-refractivity contribution is 0.473. The van der Waals surface area contributed by atoms with E-state index in [1.54, 1.807) is 6.07 Å². The maximum Gasteiger partial charge on any atom is 0.243 e. The summed E-state index contributed by atoms with van der Waals surface area (Å²) >= 11 is 0. The van der Waals surface area contributed by atoms with E-state index in [1.807, 2.05) is 13.8 Å². The second kappa shape index (κ2) is 6.85. The van der Waals surface area contributed by atoms with Crippen molar-refractivity contribution >= 4 is 10.0 Å². The first-order valence-electron chi connectivity index (χ1n) is 7.45. The van der Waals surface area contributed by atoms with Crippen LogP contribution in [0.3, 0.4) is 0 Å². The minimum absolute atomic E-state index is 0.0909.